The van der Waals surface area contributed by atoms with Gasteiger partial charge in [-0.05, 0) is 107 Å². The van der Waals surface area contributed by atoms with Gasteiger partial charge in [0.25, 0.3) is 5.92 Å². The van der Waals surface area contributed by atoms with E-state index in [0.29, 0.717) is 34.9 Å². The molecule has 0 aromatic heterocycles. The average Bonchev–Trinajstić information content (AvgIpc) is 3.07. The number of alkyl halides is 2. The van der Waals surface area contributed by atoms with Crippen LogP contribution < -0.4 is 14.8 Å². The number of hydrogen-bond acceptors (Lipinski definition) is 7. The van der Waals surface area contributed by atoms with E-state index in [2.05, 4.69) is 5.32 Å². The number of ether oxygens (including phenoxy) is 3. The predicted molar refractivity (Wildman–Crippen MR) is 187 cm³/mol. The van der Waals surface area contributed by atoms with E-state index in [1.807, 2.05) is 6.92 Å². The van der Waals surface area contributed by atoms with Crippen molar-refractivity contribution in [2.75, 3.05) is 33.4 Å². The van der Waals surface area contributed by atoms with Crippen LogP contribution in [0.15, 0.2) is 53.4 Å². The van der Waals surface area contributed by atoms with E-state index in [-0.39, 0.29) is 36.9 Å². The Balaban J connectivity index is 1.55. The van der Waals surface area contributed by atoms with Crippen LogP contribution in [0.5, 0.6) is 11.5 Å². The maximum absolute atomic E-state index is 16.6. The molecule has 2 aromatic rings. The summed E-state index contributed by atoms with van der Waals surface area (Å²) in [7, 11) is -3.57. The minimum Gasteiger partial charge on any atom is -0.494 e. The molecule has 4 rings (SSSR count). The first-order valence-electron chi connectivity index (χ1n) is 17.7. The first-order chi connectivity index (χ1) is 23.6. The van der Waals surface area contributed by atoms with Gasteiger partial charge in [0.1, 0.15) is 17.1 Å². The smallest absolute Gasteiger partial charge is 0.407 e. The summed E-state index contributed by atoms with van der Waals surface area (Å²) in [4.78, 5) is 27.4. The lowest BCUT2D eigenvalue weighted by molar-refractivity contribution is -0.151. The van der Waals surface area contributed by atoms with Crippen LogP contribution in [0.4, 0.5) is 13.6 Å². The monoisotopic (exact) mass is 721 g/mol. The van der Waals surface area contributed by atoms with Gasteiger partial charge in [-0.15, -0.1) is 0 Å². The van der Waals surface area contributed by atoms with Gasteiger partial charge in [0.05, 0.1) is 18.1 Å². The van der Waals surface area contributed by atoms with Gasteiger partial charge in [-0.2, -0.15) is 13.1 Å². The van der Waals surface area contributed by atoms with E-state index in [4.69, 9.17) is 14.2 Å². The Morgan fingerprint density at radius 2 is 1.50 bits per heavy atom. The van der Waals surface area contributed by atoms with Crippen molar-refractivity contribution >= 4 is 22.0 Å². The SMILES string of the molecule is CCCCOc1ccc(C(F)(F)C(C(=O)N2CCC(NC(=O)OC(C)(C)C)CC2)N(C)S(=O)(=O)c2ccc(OCC3CCCCC3)cc2)cc1. The highest BCUT2D eigenvalue weighted by molar-refractivity contribution is 7.89. The largest absolute Gasteiger partial charge is 0.494 e. The maximum Gasteiger partial charge on any atom is 0.407 e. The molecule has 1 saturated carbocycles. The molecule has 278 valence electrons. The number of carbonyl (C=O) groups excluding carboxylic acids is 2. The summed E-state index contributed by atoms with van der Waals surface area (Å²) in [5.74, 6) is -3.63. The number of halogens is 2. The lowest BCUT2D eigenvalue weighted by Gasteiger charge is -2.39. The van der Waals surface area contributed by atoms with Gasteiger partial charge >= 0.3 is 6.09 Å². The van der Waals surface area contributed by atoms with Crippen LogP contribution in [0.3, 0.4) is 0 Å². The highest BCUT2D eigenvalue weighted by atomic mass is 32.2. The van der Waals surface area contributed by atoms with Crippen molar-refractivity contribution < 1.29 is 41.0 Å². The fourth-order valence-electron chi connectivity index (χ4n) is 6.28. The minimum atomic E-state index is -4.58. The summed E-state index contributed by atoms with van der Waals surface area (Å²) >= 11 is 0. The third kappa shape index (κ3) is 10.5. The molecule has 2 fully saturated rings. The second kappa shape index (κ2) is 17.2. The van der Waals surface area contributed by atoms with Gasteiger partial charge < -0.3 is 24.4 Å². The molecule has 0 bridgehead atoms. The summed E-state index contributed by atoms with van der Waals surface area (Å²) in [6, 6.07) is 8.05. The summed E-state index contributed by atoms with van der Waals surface area (Å²) < 4.78 is 78.5. The molecule has 1 N–H and O–H groups in total. The quantitative estimate of drug-likeness (QED) is 0.207. The average molecular weight is 722 g/mol. The number of unbranched alkanes of at least 4 members (excludes halogenated alkanes) is 1. The molecule has 10 nitrogen and oxygen atoms in total. The predicted octanol–water partition coefficient (Wildman–Crippen LogP) is 7.12. The van der Waals surface area contributed by atoms with Crippen molar-refractivity contribution in [3.8, 4) is 11.5 Å². The Morgan fingerprint density at radius 3 is 2.08 bits per heavy atom. The van der Waals surface area contributed by atoms with Crippen molar-refractivity contribution in [1.29, 1.82) is 0 Å². The molecule has 13 heteroatoms. The number of amides is 2. The molecular formula is C37H53F2N3O7S. The van der Waals surface area contributed by atoms with Crippen LogP contribution in [0.25, 0.3) is 0 Å². The van der Waals surface area contributed by atoms with Crippen LogP contribution in [0.2, 0.25) is 0 Å². The van der Waals surface area contributed by atoms with Crippen LogP contribution >= 0.6 is 0 Å². The summed E-state index contributed by atoms with van der Waals surface area (Å²) in [5, 5.41) is 2.77. The topological polar surface area (TPSA) is 114 Å². The Morgan fingerprint density at radius 1 is 0.920 bits per heavy atom. The fraction of sp³-hybridized carbons (Fsp3) is 0.622. The fourth-order valence-corrected chi connectivity index (χ4v) is 7.59. The molecule has 1 aliphatic carbocycles. The van der Waals surface area contributed by atoms with Crippen molar-refractivity contribution in [3.63, 3.8) is 0 Å². The van der Waals surface area contributed by atoms with Crippen molar-refractivity contribution in [3.05, 3.63) is 54.1 Å². The molecule has 2 aliphatic rings. The van der Waals surface area contributed by atoms with Gasteiger partial charge in [0, 0.05) is 31.7 Å². The minimum absolute atomic E-state index is 0.0387. The molecule has 1 atom stereocenters. The number of carbonyl (C=O) groups is 2. The number of nitrogens with zero attached hydrogens (tertiary/aromatic N) is 2. The normalized spacial score (nSPS) is 17.3. The van der Waals surface area contributed by atoms with E-state index in [1.165, 1.54) is 60.6 Å². The van der Waals surface area contributed by atoms with Crippen molar-refractivity contribution in [2.24, 2.45) is 5.92 Å². The van der Waals surface area contributed by atoms with Gasteiger partial charge in [0.2, 0.25) is 15.9 Å². The Bertz CT molecular complexity index is 1500. The number of sulfonamides is 1. The Hall–Kier alpha value is -3.45. The highest BCUT2D eigenvalue weighted by Gasteiger charge is 2.53. The lowest BCUT2D eigenvalue weighted by Crippen LogP contribution is -2.58. The van der Waals surface area contributed by atoms with Gasteiger partial charge in [0.15, 0.2) is 6.04 Å². The molecule has 50 heavy (non-hydrogen) atoms. The number of rotatable bonds is 14. The number of nitrogens with one attached hydrogen (secondary N) is 1. The molecule has 1 aliphatic heterocycles. The van der Waals surface area contributed by atoms with Gasteiger partial charge in [-0.3, -0.25) is 4.79 Å². The molecule has 0 spiro atoms. The lowest BCUT2D eigenvalue weighted by atomic mass is 9.90. The first kappa shape index (κ1) is 39.3. The van der Waals surface area contributed by atoms with E-state index < -0.39 is 45.2 Å². The second-order valence-corrected chi connectivity index (χ2v) is 16.3. The molecule has 1 heterocycles. The summed E-state index contributed by atoms with van der Waals surface area (Å²) in [6.07, 6.45) is 7.41. The number of alkyl carbamates (subject to hydrolysis) is 1. The van der Waals surface area contributed by atoms with Crippen LogP contribution in [0.1, 0.15) is 91.0 Å². The van der Waals surface area contributed by atoms with E-state index in [0.717, 1.165) is 44.9 Å². The van der Waals surface area contributed by atoms with E-state index in [9.17, 15) is 18.0 Å². The van der Waals surface area contributed by atoms with Crippen LogP contribution in [0, 0.1) is 5.92 Å². The molecule has 1 saturated heterocycles. The van der Waals surface area contributed by atoms with Crippen molar-refractivity contribution in [1.82, 2.24) is 14.5 Å². The number of likely N-dealkylation sites (tertiary alicyclic amines) is 1. The zero-order valence-electron chi connectivity index (χ0n) is 30.0. The molecule has 2 amide bonds. The number of benzene rings is 2. The highest BCUT2D eigenvalue weighted by Crippen LogP contribution is 2.39. The summed E-state index contributed by atoms with van der Waals surface area (Å²) in [5.41, 5.74) is -1.22. The number of hydrogen-bond donors (Lipinski definition) is 1. The second-order valence-electron chi connectivity index (χ2n) is 14.3. The van der Waals surface area contributed by atoms with E-state index >= 15 is 8.78 Å². The zero-order chi connectivity index (χ0) is 36.5. The number of piperidine rings is 1. The van der Waals surface area contributed by atoms with Crippen LogP contribution in [-0.4, -0.2) is 80.7 Å². The first-order valence-corrected chi connectivity index (χ1v) is 19.2. The number of likely N-dealkylation sites (N-methyl/N-ethyl adjacent to an activating group) is 1. The molecule has 0 radical (unpaired) electrons. The maximum atomic E-state index is 16.6. The van der Waals surface area contributed by atoms with E-state index in [1.54, 1.807) is 20.8 Å². The Kier molecular flexibility index (Phi) is 13.5. The van der Waals surface area contributed by atoms with Gasteiger partial charge in [-0.25, -0.2) is 13.2 Å². The van der Waals surface area contributed by atoms with Crippen molar-refractivity contribution in [2.45, 2.75) is 114 Å². The molecule has 1 unspecified atom stereocenters. The standard InChI is InChI=1S/C37H53F2N3O7S/c1-6-7-25-47-30-15-13-28(14-16-30)37(38,39)33(34(43)42-23-21-29(22-24-42)40-35(44)49-36(2,3)4)41(5)50(45,46)32-19-17-31(18-20-32)48-26-27-11-9-8-10-12-27/h13-20,27,29,33H,6-12,21-26H2,1-5H3,(H,40,44). The Labute approximate surface area is 295 Å². The van der Waals surface area contributed by atoms with Gasteiger partial charge in [-0.1, -0.05) is 32.6 Å². The van der Waals surface area contributed by atoms with Crippen LogP contribution in [-0.2, 0) is 25.5 Å². The molecular weight excluding hydrogens is 668 g/mol. The third-order valence-corrected chi connectivity index (χ3v) is 11.0. The summed E-state index contributed by atoms with van der Waals surface area (Å²) in [6.45, 7) is 8.27. The zero-order valence-corrected chi connectivity index (χ0v) is 30.8. The molecule has 2 aromatic carbocycles. The third-order valence-electron chi connectivity index (χ3n) is 9.19.